The highest BCUT2D eigenvalue weighted by Crippen LogP contribution is 2.32. The number of halogens is 6. The van der Waals surface area contributed by atoms with Crippen LogP contribution in [-0.4, -0.2) is 110 Å². The first-order chi connectivity index (χ1) is 26.3. The van der Waals surface area contributed by atoms with E-state index in [1.807, 2.05) is 0 Å². The molecule has 5 unspecified atom stereocenters. The van der Waals surface area contributed by atoms with Gasteiger partial charge in [-0.2, -0.15) is 26.3 Å². The molecule has 1 fully saturated rings. The summed E-state index contributed by atoms with van der Waals surface area (Å²) in [6.45, 7) is -2.09. The Balaban J connectivity index is 1.70. The molecule has 0 saturated carbocycles. The number of ether oxygens (including phenoxy) is 4. The van der Waals surface area contributed by atoms with Crippen molar-refractivity contribution in [3.63, 3.8) is 0 Å². The lowest BCUT2D eigenvalue weighted by atomic mass is 9.93. The molecule has 8 atom stereocenters. The maximum absolute atomic E-state index is 13.3. The van der Waals surface area contributed by atoms with Crippen molar-refractivity contribution in [3.05, 3.63) is 80.1 Å². The first kappa shape index (κ1) is 43.7. The standard InChI is InChI=1S/C33H38F6N6O11/c1-53-20(12-47)27(54-2)28(29(50)45-31(52)42-17-8-4-6-15(10-17)33(37,38)39)56-26-18(43-30(51)41-16-7-3-5-14(9-16)32(34,35)36)13-55-19(11-46)22(26)44-23-21(40)24(48)25(23)49/h3-10,18-20,22,26-29,44,46-47,50H,11-13,40H2,1-2H3,(H2,41,43,51)(H2,42,45,52)/t18?,19?,20?,22-,26?,27+,28?,29-/m0/s1. The third-order valence-corrected chi connectivity index (χ3v) is 8.64. The van der Waals surface area contributed by atoms with Gasteiger partial charge in [-0.1, -0.05) is 12.1 Å². The van der Waals surface area contributed by atoms with Crippen molar-refractivity contribution >= 4 is 34.8 Å². The van der Waals surface area contributed by atoms with E-state index < -0.39 is 126 Å². The molecule has 0 spiro atoms. The third kappa shape index (κ3) is 10.4. The van der Waals surface area contributed by atoms with E-state index in [1.54, 1.807) is 0 Å². The van der Waals surface area contributed by atoms with Crippen molar-refractivity contribution in [2.75, 3.05) is 55.7 Å². The number of anilines is 4. The van der Waals surface area contributed by atoms with Crippen molar-refractivity contribution in [3.8, 4) is 0 Å². The lowest BCUT2D eigenvalue weighted by Gasteiger charge is -2.46. The zero-order valence-corrected chi connectivity index (χ0v) is 29.3. The normalized spacial score (nSPS) is 21.1. The van der Waals surface area contributed by atoms with Crippen LogP contribution in [0.4, 0.5) is 58.7 Å². The zero-order chi connectivity index (χ0) is 41.5. The summed E-state index contributed by atoms with van der Waals surface area (Å²) >= 11 is 0. The smallest absolute Gasteiger partial charge is 0.394 e. The summed E-state index contributed by atoms with van der Waals surface area (Å²) < 4.78 is 102. The molecule has 0 aliphatic carbocycles. The molecule has 0 aromatic heterocycles. The molecule has 0 bridgehead atoms. The molecule has 3 aromatic carbocycles. The third-order valence-electron chi connectivity index (χ3n) is 8.64. The number of carbonyl (C=O) groups is 2. The van der Waals surface area contributed by atoms with Gasteiger partial charge in [0.1, 0.15) is 41.9 Å². The Bertz CT molecular complexity index is 1890. The second kappa shape index (κ2) is 18.3. The molecule has 3 aromatic rings. The van der Waals surface area contributed by atoms with Crippen LogP contribution < -0.4 is 43.2 Å². The number of nitrogens with one attached hydrogen (secondary N) is 5. The van der Waals surface area contributed by atoms with Gasteiger partial charge in [-0.25, -0.2) is 9.59 Å². The largest absolute Gasteiger partial charge is 0.416 e. The van der Waals surface area contributed by atoms with E-state index in [2.05, 4.69) is 26.6 Å². The fraction of sp³-hybridized carbons (Fsp3) is 0.455. The van der Waals surface area contributed by atoms with E-state index in [9.17, 15) is 60.8 Å². The van der Waals surface area contributed by atoms with Gasteiger partial charge < -0.3 is 66.6 Å². The van der Waals surface area contributed by atoms with Gasteiger partial charge >= 0.3 is 24.4 Å². The molecule has 308 valence electrons. The number of urea groups is 2. The molecule has 23 heteroatoms. The van der Waals surface area contributed by atoms with E-state index >= 15 is 0 Å². The predicted octanol–water partition coefficient (Wildman–Crippen LogP) is 1.18. The van der Waals surface area contributed by atoms with Crippen LogP contribution >= 0.6 is 0 Å². The number of nitrogens with two attached hydrogens (primary N) is 1. The van der Waals surface area contributed by atoms with Crippen LogP contribution in [0.25, 0.3) is 0 Å². The summed E-state index contributed by atoms with van der Waals surface area (Å²) in [6, 6.07) is 1.88. The zero-order valence-electron chi connectivity index (χ0n) is 29.3. The van der Waals surface area contributed by atoms with E-state index in [0.29, 0.717) is 12.1 Å². The Kier molecular flexibility index (Phi) is 14.3. The molecule has 1 saturated heterocycles. The van der Waals surface area contributed by atoms with Crippen LogP contribution in [0.1, 0.15) is 11.1 Å². The fourth-order valence-corrected chi connectivity index (χ4v) is 5.84. The Labute approximate surface area is 312 Å². The fourth-order valence-electron chi connectivity index (χ4n) is 5.84. The van der Waals surface area contributed by atoms with Gasteiger partial charge in [0.25, 0.3) is 10.9 Å². The van der Waals surface area contributed by atoms with Crippen LogP contribution in [0.3, 0.4) is 0 Å². The van der Waals surface area contributed by atoms with Gasteiger partial charge in [0, 0.05) is 25.6 Å². The van der Waals surface area contributed by atoms with Gasteiger partial charge in [0.15, 0.2) is 6.23 Å². The minimum absolute atomic E-state index is 0.291. The first-order valence-electron chi connectivity index (χ1n) is 16.4. The number of nitrogen functional groups attached to an aromatic ring is 1. The number of rotatable bonds is 15. The van der Waals surface area contributed by atoms with Crippen molar-refractivity contribution in [2.45, 2.75) is 61.2 Å². The van der Waals surface area contributed by atoms with Gasteiger partial charge in [-0.15, -0.1) is 0 Å². The summed E-state index contributed by atoms with van der Waals surface area (Å²) in [4.78, 5) is 50.6. The predicted molar refractivity (Wildman–Crippen MR) is 184 cm³/mol. The second-order valence-corrected chi connectivity index (χ2v) is 12.3. The summed E-state index contributed by atoms with van der Waals surface area (Å²) in [6.07, 6.45) is -19.4. The highest BCUT2D eigenvalue weighted by molar-refractivity contribution is 5.90. The monoisotopic (exact) mass is 808 g/mol. The maximum atomic E-state index is 13.3. The van der Waals surface area contributed by atoms with Gasteiger partial charge in [-0.05, 0) is 36.4 Å². The number of amides is 4. The highest BCUT2D eigenvalue weighted by atomic mass is 19.4. The lowest BCUT2D eigenvalue weighted by molar-refractivity contribution is -0.205. The number of hydrogen-bond donors (Lipinski definition) is 9. The molecule has 17 nitrogen and oxygen atoms in total. The van der Waals surface area contributed by atoms with Crippen LogP contribution in [0, 0.1) is 0 Å². The SMILES string of the molecule is COC(CO)[C@@H](OC)C(OC1C(NC(=O)Nc2cccc(C(F)(F)F)c2)COC(CO)[C@@H]1Nc1c(N)c(=O)c1=O)[C@H](O)NC(=O)Nc1cccc(C(F)(F)F)c1. The Morgan fingerprint density at radius 3 is 1.95 bits per heavy atom. The van der Waals surface area contributed by atoms with Crippen LogP contribution in [0.2, 0.25) is 0 Å². The summed E-state index contributed by atoms with van der Waals surface area (Å²) in [5.74, 6) is 0. The average Bonchev–Trinajstić information content (AvgIpc) is 3.14. The van der Waals surface area contributed by atoms with Gasteiger partial charge in [0.2, 0.25) is 0 Å². The second-order valence-electron chi connectivity index (χ2n) is 12.3. The van der Waals surface area contributed by atoms with Crippen LogP contribution in [0.5, 0.6) is 0 Å². The molecule has 1 heterocycles. The summed E-state index contributed by atoms with van der Waals surface area (Å²) in [7, 11) is 2.23. The summed E-state index contributed by atoms with van der Waals surface area (Å²) in [5.41, 5.74) is -0.164. The number of alkyl halides is 6. The van der Waals surface area contributed by atoms with E-state index in [-0.39, 0.29) is 11.4 Å². The number of benzene rings is 2. The Morgan fingerprint density at radius 2 is 1.46 bits per heavy atom. The molecular formula is C33H38F6N6O11. The highest BCUT2D eigenvalue weighted by Gasteiger charge is 2.47. The van der Waals surface area contributed by atoms with Crippen molar-refractivity contribution < 1.29 is 70.2 Å². The molecule has 4 rings (SSSR count). The number of aliphatic hydroxyl groups excluding tert-OH is 3. The van der Waals surface area contributed by atoms with Crippen LogP contribution in [0.15, 0.2) is 58.1 Å². The Morgan fingerprint density at radius 1 is 0.893 bits per heavy atom. The van der Waals surface area contributed by atoms with Crippen molar-refractivity contribution in [2.24, 2.45) is 0 Å². The summed E-state index contributed by atoms with van der Waals surface area (Å²) in [5, 5.41) is 43.3. The minimum atomic E-state index is -4.76. The number of carbonyl (C=O) groups excluding carboxylic acids is 2. The van der Waals surface area contributed by atoms with E-state index in [1.165, 1.54) is 0 Å². The lowest BCUT2D eigenvalue weighted by Crippen LogP contribution is -2.67. The molecule has 4 amide bonds. The van der Waals surface area contributed by atoms with Crippen molar-refractivity contribution in [1.29, 1.82) is 0 Å². The quantitative estimate of drug-likeness (QED) is 0.0595. The molecule has 0 radical (unpaired) electrons. The van der Waals surface area contributed by atoms with E-state index in [4.69, 9.17) is 24.7 Å². The number of aliphatic hydroxyl groups is 3. The molecule has 1 aliphatic heterocycles. The molecule has 10 N–H and O–H groups in total. The average molecular weight is 809 g/mol. The maximum Gasteiger partial charge on any atom is 0.416 e. The Hall–Kier alpha value is -5.04. The van der Waals surface area contributed by atoms with Gasteiger partial charge in [-0.3, -0.25) is 9.59 Å². The van der Waals surface area contributed by atoms with Gasteiger partial charge in [0.05, 0.1) is 43.0 Å². The topological polar surface area (TPSA) is 252 Å². The minimum Gasteiger partial charge on any atom is -0.394 e. The molecule has 1 aliphatic rings. The molecular weight excluding hydrogens is 770 g/mol. The van der Waals surface area contributed by atoms with Crippen molar-refractivity contribution in [1.82, 2.24) is 10.6 Å². The number of hydrogen-bond acceptors (Lipinski definition) is 13. The van der Waals surface area contributed by atoms with E-state index in [0.717, 1.165) is 50.6 Å². The first-order valence-corrected chi connectivity index (χ1v) is 16.4. The molecule has 56 heavy (non-hydrogen) atoms. The number of methoxy groups -OCH3 is 2. The van der Waals surface area contributed by atoms with Crippen LogP contribution in [-0.2, 0) is 31.3 Å².